The summed E-state index contributed by atoms with van der Waals surface area (Å²) in [7, 11) is 0. The van der Waals surface area contributed by atoms with Crippen molar-refractivity contribution in [3.63, 3.8) is 0 Å². The SMILES string of the molecule is O=C(Nc1ccccc1)N1CCN(C(c2ccc(F)cc2)c2ccc(F)cc2)CC1. The Morgan fingerprint density at radius 1 is 0.733 bits per heavy atom. The number of benzene rings is 3. The fraction of sp³-hybridized carbons (Fsp3) is 0.208. The van der Waals surface area contributed by atoms with E-state index in [0.29, 0.717) is 26.2 Å². The van der Waals surface area contributed by atoms with Crippen molar-refractivity contribution >= 4 is 11.7 Å². The molecule has 0 atom stereocenters. The van der Waals surface area contributed by atoms with Crippen molar-refractivity contribution in [2.75, 3.05) is 31.5 Å². The van der Waals surface area contributed by atoms with Gasteiger partial charge in [0, 0.05) is 31.9 Å². The minimum Gasteiger partial charge on any atom is -0.322 e. The molecule has 3 aromatic rings. The number of anilines is 1. The Balaban J connectivity index is 1.48. The van der Waals surface area contributed by atoms with E-state index in [2.05, 4.69) is 10.2 Å². The summed E-state index contributed by atoms with van der Waals surface area (Å²) >= 11 is 0. The highest BCUT2D eigenvalue weighted by Gasteiger charge is 2.28. The van der Waals surface area contributed by atoms with Crippen LogP contribution >= 0.6 is 0 Å². The molecule has 1 heterocycles. The van der Waals surface area contributed by atoms with E-state index in [0.717, 1.165) is 16.8 Å². The van der Waals surface area contributed by atoms with Gasteiger partial charge in [-0.2, -0.15) is 0 Å². The second-order valence-corrected chi connectivity index (χ2v) is 7.32. The highest BCUT2D eigenvalue weighted by atomic mass is 19.1. The lowest BCUT2D eigenvalue weighted by atomic mass is 9.96. The smallest absolute Gasteiger partial charge is 0.321 e. The maximum Gasteiger partial charge on any atom is 0.321 e. The van der Waals surface area contributed by atoms with Crippen molar-refractivity contribution in [1.29, 1.82) is 0 Å². The summed E-state index contributed by atoms with van der Waals surface area (Å²) in [5.41, 5.74) is 2.64. The van der Waals surface area contributed by atoms with Gasteiger partial charge >= 0.3 is 6.03 Å². The second kappa shape index (κ2) is 9.05. The topological polar surface area (TPSA) is 35.6 Å². The van der Waals surface area contributed by atoms with Gasteiger partial charge in [-0.1, -0.05) is 42.5 Å². The summed E-state index contributed by atoms with van der Waals surface area (Å²) in [6.07, 6.45) is 0. The van der Waals surface area contributed by atoms with E-state index >= 15 is 0 Å². The summed E-state index contributed by atoms with van der Waals surface area (Å²) < 4.78 is 26.9. The minimum absolute atomic E-state index is 0.124. The van der Waals surface area contributed by atoms with Crippen molar-refractivity contribution in [1.82, 2.24) is 9.80 Å². The van der Waals surface area contributed by atoms with E-state index in [1.807, 2.05) is 30.3 Å². The molecule has 0 aliphatic carbocycles. The van der Waals surface area contributed by atoms with Gasteiger partial charge in [-0.3, -0.25) is 4.90 Å². The zero-order chi connectivity index (χ0) is 20.9. The van der Waals surface area contributed by atoms with Crippen LogP contribution in [0.4, 0.5) is 19.3 Å². The van der Waals surface area contributed by atoms with Crippen molar-refractivity contribution < 1.29 is 13.6 Å². The third-order valence-electron chi connectivity index (χ3n) is 5.36. The van der Waals surface area contributed by atoms with Gasteiger partial charge in [-0.05, 0) is 47.5 Å². The zero-order valence-corrected chi connectivity index (χ0v) is 16.5. The first-order chi connectivity index (χ1) is 14.6. The van der Waals surface area contributed by atoms with Crippen LogP contribution in [0.5, 0.6) is 0 Å². The molecule has 1 fully saturated rings. The number of hydrogen-bond acceptors (Lipinski definition) is 2. The van der Waals surface area contributed by atoms with Crippen LogP contribution in [0.15, 0.2) is 78.9 Å². The molecule has 1 aliphatic heterocycles. The van der Waals surface area contributed by atoms with Gasteiger partial charge in [0.15, 0.2) is 0 Å². The van der Waals surface area contributed by atoms with E-state index in [9.17, 15) is 13.6 Å². The van der Waals surface area contributed by atoms with Gasteiger partial charge in [0.2, 0.25) is 0 Å². The van der Waals surface area contributed by atoms with Crippen molar-refractivity contribution in [2.45, 2.75) is 6.04 Å². The number of nitrogens with zero attached hydrogens (tertiary/aromatic N) is 2. The first kappa shape index (κ1) is 20.0. The van der Waals surface area contributed by atoms with E-state index < -0.39 is 0 Å². The fourth-order valence-corrected chi connectivity index (χ4v) is 3.81. The maximum atomic E-state index is 13.5. The minimum atomic E-state index is -0.293. The van der Waals surface area contributed by atoms with Gasteiger partial charge in [-0.15, -0.1) is 0 Å². The quantitative estimate of drug-likeness (QED) is 0.668. The molecule has 6 heteroatoms. The van der Waals surface area contributed by atoms with E-state index in [-0.39, 0.29) is 23.7 Å². The van der Waals surface area contributed by atoms with E-state index in [1.54, 1.807) is 29.2 Å². The number of hydrogen-bond donors (Lipinski definition) is 1. The van der Waals surface area contributed by atoms with Crippen LogP contribution in [0.3, 0.4) is 0 Å². The third-order valence-corrected chi connectivity index (χ3v) is 5.36. The first-order valence-electron chi connectivity index (χ1n) is 9.96. The number of para-hydroxylation sites is 1. The van der Waals surface area contributed by atoms with Gasteiger partial charge in [0.05, 0.1) is 6.04 Å². The maximum absolute atomic E-state index is 13.5. The van der Waals surface area contributed by atoms with Gasteiger partial charge in [-0.25, -0.2) is 13.6 Å². The molecule has 0 radical (unpaired) electrons. The molecule has 1 aliphatic rings. The van der Waals surface area contributed by atoms with E-state index in [1.165, 1.54) is 24.3 Å². The monoisotopic (exact) mass is 407 g/mol. The second-order valence-electron chi connectivity index (χ2n) is 7.32. The fourth-order valence-electron chi connectivity index (χ4n) is 3.81. The van der Waals surface area contributed by atoms with Crippen LogP contribution in [-0.2, 0) is 0 Å². The average molecular weight is 407 g/mol. The molecule has 1 saturated heterocycles. The lowest BCUT2D eigenvalue weighted by Gasteiger charge is -2.39. The summed E-state index contributed by atoms with van der Waals surface area (Å²) in [6, 6.07) is 21.9. The molecule has 4 rings (SSSR count). The van der Waals surface area contributed by atoms with Crippen LogP contribution in [0.2, 0.25) is 0 Å². The largest absolute Gasteiger partial charge is 0.322 e. The molecule has 1 N–H and O–H groups in total. The Labute approximate surface area is 174 Å². The van der Waals surface area contributed by atoms with Crippen molar-refractivity contribution in [2.24, 2.45) is 0 Å². The summed E-state index contributed by atoms with van der Waals surface area (Å²) in [4.78, 5) is 16.6. The number of halogens is 2. The highest BCUT2D eigenvalue weighted by molar-refractivity contribution is 5.89. The lowest BCUT2D eigenvalue weighted by Crippen LogP contribution is -2.51. The number of rotatable bonds is 4. The standard InChI is InChI=1S/C24H23F2N3O/c25-20-10-6-18(7-11-20)23(19-8-12-21(26)13-9-19)28-14-16-29(17-15-28)24(30)27-22-4-2-1-3-5-22/h1-13,23H,14-17H2,(H,27,30). The molecule has 0 unspecified atom stereocenters. The third kappa shape index (κ3) is 4.66. The molecule has 0 aromatic heterocycles. The van der Waals surface area contributed by atoms with Crippen molar-refractivity contribution in [3.05, 3.63) is 102 Å². The molecule has 0 saturated carbocycles. The predicted molar refractivity (Wildman–Crippen MR) is 113 cm³/mol. The number of amides is 2. The molecule has 3 aromatic carbocycles. The lowest BCUT2D eigenvalue weighted by molar-refractivity contribution is 0.126. The Kier molecular flexibility index (Phi) is 6.05. The summed E-state index contributed by atoms with van der Waals surface area (Å²) in [5, 5.41) is 2.92. The Hall–Kier alpha value is -3.25. The highest BCUT2D eigenvalue weighted by Crippen LogP contribution is 2.30. The number of piperazine rings is 1. The predicted octanol–water partition coefficient (Wildman–Crippen LogP) is 4.90. The van der Waals surface area contributed by atoms with Crippen molar-refractivity contribution in [3.8, 4) is 0 Å². The molecule has 0 spiro atoms. The summed E-state index contributed by atoms with van der Waals surface area (Å²) in [5.74, 6) is -0.585. The van der Waals surface area contributed by atoms with Gasteiger partial charge in [0.1, 0.15) is 11.6 Å². The molecular weight excluding hydrogens is 384 g/mol. The Bertz CT molecular complexity index is 924. The number of urea groups is 1. The molecule has 0 bridgehead atoms. The van der Waals surface area contributed by atoms with E-state index in [4.69, 9.17) is 0 Å². The number of nitrogens with one attached hydrogen (secondary N) is 1. The Morgan fingerprint density at radius 3 is 1.73 bits per heavy atom. The first-order valence-corrected chi connectivity index (χ1v) is 9.96. The molecular formula is C24H23F2N3O. The van der Waals surface area contributed by atoms with Crippen LogP contribution in [-0.4, -0.2) is 42.0 Å². The number of carbonyl (C=O) groups is 1. The number of carbonyl (C=O) groups excluding carboxylic acids is 1. The molecule has 30 heavy (non-hydrogen) atoms. The van der Waals surface area contributed by atoms with Gasteiger partial charge < -0.3 is 10.2 Å². The van der Waals surface area contributed by atoms with Crippen LogP contribution in [0, 0.1) is 11.6 Å². The molecule has 4 nitrogen and oxygen atoms in total. The van der Waals surface area contributed by atoms with Gasteiger partial charge in [0.25, 0.3) is 0 Å². The zero-order valence-electron chi connectivity index (χ0n) is 16.5. The summed E-state index contributed by atoms with van der Waals surface area (Å²) in [6.45, 7) is 2.44. The molecule has 2 amide bonds. The van der Waals surface area contributed by atoms with Crippen LogP contribution in [0.1, 0.15) is 17.2 Å². The van der Waals surface area contributed by atoms with Crippen LogP contribution < -0.4 is 5.32 Å². The molecule has 154 valence electrons. The normalized spacial score (nSPS) is 14.7. The van der Waals surface area contributed by atoms with Crippen LogP contribution in [0.25, 0.3) is 0 Å². The Morgan fingerprint density at radius 2 is 1.23 bits per heavy atom. The average Bonchev–Trinajstić information content (AvgIpc) is 2.78.